The predicted molar refractivity (Wildman–Crippen MR) is 77.0 cm³/mol. The molecule has 0 spiro atoms. The van der Waals surface area contributed by atoms with Crippen LogP contribution in [0.15, 0.2) is 21.2 Å². The molecule has 0 radical (unpaired) electrons. The van der Waals surface area contributed by atoms with E-state index in [0.717, 1.165) is 27.7 Å². The van der Waals surface area contributed by atoms with E-state index in [1.165, 1.54) is 6.42 Å². The fourth-order valence-electron chi connectivity index (χ4n) is 2.58. The summed E-state index contributed by atoms with van der Waals surface area (Å²) in [4.78, 5) is 6.97. The number of nitrogens with one attached hydrogen (secondary N) is 1. The molecule has 0 saturated carbocycles. The summed E-state index contributed by atoms with van der Waals surface area (Å²) in [6.07, 6.45) is 3.11. The maximum Gasteiger partial charge on any atom is 0.0721 e. The van der Waals surface area contributed by atoms with Crippen molar-refractivity contribution in [3.8, 4) is 0 Å². The third kappa shape index (κ3) is 2.89. The molecule has 94 valence electrons. The van der Waals surface area contributed by atoms with Gasteiger partial charge in [-0.15, -0.1) is 0 Å². The first-order valence-corrected chi connectivity index (χ1v) is 7.38. The van der Waals surface area contributed by atoms with Gasteiger partial charge in [-0.1, -0.05) is 0 Å². The lowest BCUT2D eigenvalue weighted by molar-refractivity contribution is 0.267. The molecule has 0 aliphatic carbocycles. The minimum atomic E-state index is 0.407. The Hall–Kier alpha value is 0.0300. The molecule has 3 nitrogen and oxygen atoms in total. The molecule has 1 N–H and O–H groups in total. The molecule has 1 aliphatic heterocycles. The van der Waals surface area contributed by atoms with Gasteiger partial charge < -0.3 is 5.32 Å². The highest BCUT2D eigenvalue weighted by molar-refractivity contribution is 9.11. The van der Waals surface area contributed by atoms with E-state index in [-0.39, 0.29) is 0 Å². The molecule has 1 aliphatic rings. The second kappa shape index (κ2) is 5.78. The zero-order valence-corrected chi connectivity index (χ0v) is 13.3. The zero-order chi connectivity index (χ0) is 12.4. The van der Waals surface area contributed by atoms with Crippen LogP contribution in [0.4, 0.5) is 0 Å². The SMILES string of the molecule is CNCC1CCN(C)C1c1ncc(Br)cc1Br. The third-order valence-electron chi connectivity index (χ3n) is 3.36. The van der Waals surface area contributed by atoms with Crippen LogP contribution in [-0.2, 0) is 0 Å². The van der Waals surface area contributed by atoms with Crippen molar-refractivity contribution in [2.24, 2.45) is 5.92 Å². The van der Waals surface area contributed by atoms with Gasteiger partial charge >= 0.3 is 0 Å². The summed E-state index contributed by atoms with van der Waals surface area (Å²) in [5, 5.41) is 3.28. The fraction of sp³-hybridized carbons (Fsp3) is 0.583. The summed E-state index contributed by atoms with van der Waals surface area (Å²) in [7, 11) is 4.19. The van der Waals surface area contributed by atoms with Crippen molar-refractivity contribution in [1.29, 1.82) is 0 Å². The topological polar surface area (TPSA) is 28.2 Å². The van der Waals surface area contributed by atoms with Crippen molar-refractivity contribution >= 4 is 31.9 Å². The molecular weight excluding hydrogens is 346 g/mol. The highest BCUT2D eigenvalue weighted by Crippen LogP contribution is 2.38. The van der Waals surface area contributed by atoms with Gasteiger partial charge in [-0.3, -0.25) is 9.88 Å². The van der Waals surface area contributed by atoms with Crippen molar-refractivity contribution < 1.29 is 0 Å². The Balaban J connectivity index is 2.29. The molecule has 0 amide bonds. The second-order valence-electron chi connectivity index (χ2n) is 4.55. The van der Waals surface area contributed by atoms with Gasteiger partial charge in [-0.2, -0.15) is 0 Å². The van der Waals surface area contributed by atoms with E-state index in [1.807, 2.05) is 13.2 Å². The maximum absolute atomic E-state index is 4.58. The molecule has 1 fully saturated rings. The molecule has 1 aromatic heterocycles. The highest BCUT2D eigenvalue weighted by atomic mass is 79.9. The van der Waals surface area contributed by atoms with Crippen LogP contribution in [0.2, 0.25) is 0 Å². The lowest BCUT2D eigenvalue weighted by Gasteiger charge is -2.25. The molecule has 1 aromatic rings. The molecule has 0 bridgehead atoms. The summed E-state index contributed by atoms with van der Waals surface area (Å²) in [6, 6.07) is 2.48. The lowest BCUT2D eigenvalue weighted by Crippen LogP contribution is -2.27. The van der Waals surface area contributed by atoms with E-state index >= 15 is 0 Å². The first-order valence-electron chi connectivity index (χ1n) is 5.79. The summed E-state index contributed by atoms with van der Waals surface area (Å²) in [5.74, 6) is 0.634. The molecule has 17 heavy (non-hydrogen) atoms. The Morgan fingerprint density at radius 2 is 2.29 bits per heavy atom. The quantitative estimate of drug-likeness (QED) is 0.896. The van der Waals surface area contributed by atoms with Crippen molar-refractivity contribution in [1.82, 2.24) is 15.2 Å². The summed E-state index contributed by atoms with van der Waals surface area (Å²) in [6.45, 7) is 2.18. The number of hydrogen-bond donors (Lipinski definition) is 1. The second-order valence-corrected chi connectivity index (χ2v) is 6.32. The molecule has 2 rings (SSSR count). The van der Waals surface area contributed by atoms with Gasteiger partial charge in [0, 0.05) is 15.1 Å². The number of aromatic nitrogens is 1. The summed E-state index contributed by atoms with van der Waals surface area (Å²) in [5.41, 5.74) is 1.15. The molecule has 5 heteroatoms. The van der Waals surface area contributed by atoms with Crippen molar-refractivity contribution in [3.05, 3.63) is 26.9 Å². The monoisotopic (exact) mass is 361 g/mol. The van der Waals surface area contributed by atoms with Gasteiger partial charge in [-0.05, 0) is 77.4 Å². The first-order chi connectivity index (χ1) is 8.13. The van der Waals surface area contributed by atoms with Crippen LogP contribution >= 0.6 is 31.9 Å². The van der Waals surface area contributed by atoms with Crippen molar-refractivity contribution in [2.45, 2.75) is 12.5 Å². The molecule has 0 aromatic carbocycles. The van der Waals surface area contributed by atoms with Gasteiger partial charge in [-0.25, -0.2) is 0 Å². The Morgan fingerprint density at radius 1 is 1.53 bits per heavy atom. The van der Waals surface area contributed by atoms with E-state index in [4.69, 9.17) is 0 Å². The molecule has 2 atom stereocenters. The van der Waals surface area contributed by atoms with Crippen LogP contribution in [0.1, 0.15) is 18.2 Å². The van der Waals surface area contributed by atoms with Crippen LogP contribution < -0.4 is 5.32 Å². The standard InChI is InChI=1S/C12H17Br2N3/c1-15-6-8-3-4-17(2)12(8)11-10(14)5-9(13)7-16-11/h5,7-8,12,15H,3-4,6H2,1-2H3. The number of halogens is 2. The zero-order valence-electron chi connectivity index (χ0n) is 10.1. The van der Waals surface area contributed by atoms with Gasteiger partial charge in [0.2, 0.25) is 0 Å². The number of hydrogen-bond acceptors (Lipinski definition) is 3. The van der Waals surface area contributed by atoms with Gasteiger partial charge in [0.15, 0.2) is 0 Å². The van der Waals surface area contributed by atoms with Gasteiger partial charge in [0.25, 0.3) is 0 Å². The predicted octanol–water partition coefficient (Wildman–Crippen LogP) is 2.82. The number of nitrogens with zero attached hydrogens (tertiary/aromatic N) is 2. The highest BCUT2D eigenvalue weighted by Gasteiger charge is 2.34. The normalized spacial score (nSPS) is 25.4. The van der Waals surface area contributed by atoms with Crippen LogP contribution in [0, 0.1) is 5.92 Å². The van der Waals surface area contributed by atoms with E-state index in [9.17, 15) is 0 Å². The minimum Gasteiger partial charge on any atom is -0.319 e. The lowest BCUT2D eigenvalue weighted by atomic mass is 9.97. The van der Waals surface area contributed by atoms with Crippen LogP contribution in [0.3, 0.4) is 0 Å². The number of pyridine rings is 1. The van der Waals surface area contributed by atoms with Crippen LogP contribution in [-0.4, -0.2) is 37.1 Å². The third-order valence-corrected chi connectivity index (χ3v) is 4.43. The van der Waals surface area contributed by atoms with Crippen LogP contribution in [0.25, 0.3) is 0 Å². The molecule has 1 saturated heterocycles. The van der Waals surface area contributed by atoms with Gasteiger partial charge in [0.1, 0.15) is 0 Å². The van der Waals surface area contributed by atoms with E-state index in [1.54, 1.807) is 0 Å². The minimum absolute atomic E-state index is 0.407. The number of rotatable bonds is 3. The van der Waals surface area contributed by atoms with Crippen molar-refractivity contribution in [3.63, 3.8) is 0 Å². The average molecular weight is 363 g/mol. The Morgan fingerprint density at radius 3 is 2.94 bits per heavy atom. The number of likely N-dealkylation sites (tertiary alicyclic amines) is 1. The average Bonchev–Trinajstić information content (AvgIpc) is 2.62. The van der Waals surface area contributed by atoms with E-state index in [2.05, 4.69) is 60.2 Å². The smallest absolute Gasteiger partial charge is 0.0721 e. The Bertz CT molecular complexity index is 395. The summed E-state index contributed by atoms with van der Waals surface area (Å²) < 4.78 is 2.10. The van der Waals surface area contributed by atoms with Crippen molar-refractivity contribution in [2.75, 3.05) is 27.2 Å². The molecule has 2 heterocycles. The fourth-order valence-corrected chi connectivity index (χ4v) is 3.80. The Kier molecular flexibility index (Phi) is 4.58. The largest absolute Gasteiger partial charge is 0.319 e. The van der Waals surface area contributed by atoms with E-state index in [0.29, 0.717) is 12.0 Å². The van der Waals surface area contributed by atoms with E-state index < -0.39 is 0 Å². The maximum atomic E-state index is 4.58. The van der Waals surface area contributed by atoms with Crippen LogP contribution in [0.5, 0.6) is 0 Å². The summed E-state index contributed by atoms with van der Waals surface area (Å²) >= 11 is 7.07. The Labute approximate surface area is 119 Å². The molecule has 2 unspecified atom stereocenters. The van der Waals surface area contributed by atoms with Gasteiger partial charge in [0.05, 0.1) is 11.7 Å². The molecular formula is C12H17Br2N3. The first kappa shape index (κ1) is 13.5.